The highest BCUT2D eigenvalue weighted by atomic mass is 32.1. The summed E-state index contributed by atoms with van der Waals surface area (Å²) >= 11 is 1.23. The molecule has 0 radical (unpaired) electrons. The number of anilines is 1. The van der Waals surface area contributed by atoms with Crippen molar-refractivity contribution >= 4 is 39.1 Å². The predicted octanol–water partition coefficient (Wildman–Crippen LogP) is 0.0308. The Morgan fingerprint density at radius 1 is 1.29 bits per heavy atom. The van der Waals surface area contributed by atoms with Crippen molar-refractivity contribution in [2.45, 2.75) is 6.54 Å². The average Bonchev–Trinajstić information content (AvgIpc) is 3.15. The van der Waals surface area contributed by atoms with Gasteiger partial charge < -0.3 is 20.1 Å². The molecule has 0 atom stereocenters. The van der Waals surface area contributed by atoms with E-state index in [2.05, 4.69) is 15.3 Å². The van der Waals surface area contributed by atoms with Gasteiger partial charge >= 0.3 is 5.69 Å². The number of pyridine rings is 1. The van der Waals surface area contributed by atoms with Gasteiger partial charge in [0.25, 0.3) is 11.5 Å². The van der Waals surface area contributed by atoms with Crippen LogP contribution in [0.5, 0.6) is 0 Å². The lowest BCUT2D eigenvalue weighted by molar-refractivity contribution is -0.131. The molecule has 3 aromatic heterocycles. The number of rotatable bonds is 4. The molecular formula is C19H19FN6O4S. The zero-order valence-corrected chi connectivity index (χ0v) is 17.6. The van der Waals surface area contributed by atoms with Crippen LogP contribution in [0.25, 0.3) is 10.2 Å². The minimum Gasteiger partial charge on any atom is -0.357 e. The molecular weight excluding hydrogens is 427 g/mol. The minimum absolute atomic E-state index is 0.0392. The van der Waals surface area contributed by atoms with Crippen LogP contribution in [0, 0.1) is 5.95 Å². The summed E-state index contributed by atoms with van der Waals surface area (Å²) in [5, 5.41) is 2.38. The second-order valence-electron chi connectivity index (χ2n) is 7.07. The molecule has 1 saturated heterocycles. The first-order valence-electron chi connectivity index (χ1n) is 9.41. The summed E-state index contributed by atoms with van der Waals surface area (Å²) in [6.07, 6.45) is 0. The van der Waals surface area contributed by atoms with Gasteiger partial charge in [-0.2, -0.15) is 4.39 Å². The smallest absolute Gasteiger partial charge is 0.328 e. The zero-order valence-electron chi connectivity index (χ0n) is 16.8. The van der Waals surface area contributed by atoms with Crippen molar-refractivity contribution < 1.29 is 14.0 Å². The van der Waals surface area contributed by atoms with Crippen LogP contribution in [0.2, 0.25) is 0 Å². The Kier molecular flexibility index (Phi) is 5.31. The molecule has 4 heterocycles. The van der Waals surface area contributed by atoms with Gasteiger partial charge in [0.15, 0.2) is 0 Å². The van der Waals surface area contributed by atoms with Crippen molar-refractivity contribution in [3.63, 3.8) is 0 Å². The first-order chi connectivity index (χ1) is 14.8. The molecule has 0 aromatic carbocycles. The van der Waals surface area contributed by atoms with Crippen LogP contribution >= 0.6 is 11.3 Å². The lowest BCUT2D eigenvalue weighted by atomic mass is 10.2. The molecule has 3 aromatic rings. The number of halogens is 1. The fraction of sp³-hybridized carbons (Fsp3) is 0.316. The van der Waals surface area contributed by atoms with E-state index >= 15 is 0 Å². The van der Waals surface area contributed by atoms with E-state index in [-0.39, 0.29) is 35.9 Å². The third-order valence-corrected chi connectivity index (χ3v) is 6.23. The van der Waals surface area contributed by atoms with Gasteiger partial charge in [-0.25, -0.2) is 9.78 Å². The van der Waals surface area contributed by atoms with Crippen molar-refractivity contribution in [1.29, 1.82) is 0 Å². The fourth-order valence-corrected chi connectivity index (χ4v) is 4.51. The molecule has 2 amide bonds. The molecule has 0 aliphatic carbocycles. The summed E-state index contributed by atoms with van der Waals surface area (Å²) in [6, 6.07) is 4.55. The van der Waals surface area contributed by atoms with Crippen molar-refractivity contribution in [2.24, 2.45) is 7.05 Å². The van der Waals surface area contributed by atoms with E-state index in [1.807, 2.05) is 0 Å². The molecule has 1 aliphatic heterocycles. The van der Waals surface area contributed by atoms with Crippen molar-refractivity contribution in [3.05, 3.63) is 55.6 Å². The van der Waals surface area contributed by atoms with Crippen LogP contribution in [0.4, 0.5) is 10.1 Å². The Labute approximate surface area is 178 Å². The molecule has 1 aliphatic rings. The van der Waals surface area contributed by atoms with E-state index in [0.717, 1.165) is 9.44 Å². The quantitative estimate of drug-likeness (QED) is 0.546. The van der Waals surface area contributed by atoms with Gasteiger partial charge in [0.1, 0.15) is 10.4 Å². The summed E-state index contributed by atoms with van der Waals surface area (Å²) in [7, 11) is 2.83. The molecule has 0 bridgehead atoms. The molecule has 0 saturated carbocycles. The van der Waals surface area contributed by atoms with Crippen LogP contribution < -0.4 is 21.5 Å². The second-order valence-corrected chi connectivity index (χ2v) is 8.21. The zero-order chi connectivity index (χ0) is 22.3. The van der Waals surface area contributed by atoms with E-state index in [9.17, 15) is 23.6 Å². The number of hydrogen-bond donors (Lipinski definition) is 2. The van der Waals surface area contributed by atoms with Gasteiger partial charge in [-0.15, -0.1) is 11.3 Å². The molecule has 31 heavy (non-hydrogen) atoms. The monoisotopic (exact) mass is 446 g/mol. The molecule has 0 spiro atoms. The Morgan fingerprint density at radius 2 is 2.06 bits per heavy atom. The SMILES string of the molecule is CNC(=O)c1ccc(N2CCN(Cc3cc4[nH]c(=O)n(C)c(=O)c4s3)C(=O)C2)c(F)n1. The predicted molar refractivity (Wildman–Crippen MR) is 113 cm³/mol. The van der Waals surface area contributed by atoms with Crippen LogP contribution in [0.15, 0.2) is 27.8 Å². The number of nitrogens with one attached hydrogen (secondary N) is 2. The Hall–Kier alpha value is -3.54. The molecule has 12 heteroatoms. The van der Waals surface area contributed by atoms with Gasteiger partial charge in [-0.05, 0) is 18.2 Å². The second kappa shape index (κ2) is 7.95. The number of fused-ring (bicyclic) bond motifs is 1. The number of aromatic amines is 1. The van der Waals surface area contributed by atoms with Crippen LogP contribution in [-0.4, -0.2) is 57.9 Å². The molecule has 4 rings (SSSR count). The minimum atomic E-state index is -0.813. The maximum absolute atomic E-state index is 14.4. The number of piperazine rings is 1. The highest BCUT2D eigenvalue weighted by molar-refractivity contribution is 7.18. The number of aromatic nitrogens is 3. The van der Waals surface area contributed by atoms with Crippen molar-refractivity contribution in [3.8, 4) is 0 Å². The first-order valence-corrected chi connectivity index (χ1v) is 10.2. The Balaban J connectivity index is 1.49. The number of carbonyl (C=O) groups excluding carboxylic acids is 2. The number of amides is 2. The third kappa shape index (κ3) is 3.81. The van der Waals surface area contributed by atoms with Crippen molar-refractivity contribution in [2.75, 3.05) is 31.6 Å². The molecule has 10 nitrogen and oxygen atoms in total. The van der Waals surface area contributed by atoms with E-state index in [4.69, 9.17) is 0 Å². The standard InChI is InChI=1S/C19H19FN6O4S/c1-21-17(28)11-3-4-13(16(20)22-11)25-5-6-26(14(27)9-25)8-10-7-12-15(31-10)18(29)24(2)19(30)23-12/h3-4,7H,5-6,8-9H2,1-2H3,(H,21,28)(H,23,30). The fourth-order valence-electron chi connectivity index (χ4n) is 3.40. The van der Waals surface area contributed by atoms with E-state index < -0.39 is 17.5 Å². The number of nitrogens with zero attached hydrogens (tertiary/aromatic N) is 4. The lowest BCUT2D eigenvalue weighted by Crippen LogP contribution is -2.50. The van der Waals surface area contributed by atoms with Gasteiger partial charge in [-0.3, -0.25) is 19.0 Å². The van der Waals surface area contributed by atoms with Crippen LogP contribution in [0.3, 0.4) is 0 Å². The van der Waals surface area contributed by atoms with Gasteiger partial charge in [0, 0.05) is 32.1 Å². The maximum atomic E-state index is 14.4. The summed E-state index contributed by atoms with van der Waals surface area (Å²) in [4.78, 5) is 58.5. The molecule has 1 fully saturated rings. The van der Waals surface area contributed by atoms with E-state index in [0.29, 0.717) is 23.3 Å². The summed E-state index contributed by atoms with van der Waals surface area (Å²) in [5.41, 5.74) is -0.311. The normalized spacial score (nSPS) is 14.4. The van der Waals surface area contributed by atoms with E-state index in [1.54, 1.807) is 15.9 Å². The Morgan fingerprint density at radius 3 is 2.74 bits per heavy atom. The van der Waals surface area contributed by atoms with Gasteiger partial charge in [0.05, 0.1) is 24.3 Å². The molecule has 2 N–H and O–H groups in total. The third-order valence-electron chi connectivity index (χ3n) is 5.12. The molecule has 162 valence electrons. The molecule has 0 unspecified atom stereocenters. The van der Waals surface area contributed by atoms with Crippen molar-refractivity contribution in [1.82, 2.24) is 24.8 Å². The summed E-state index contributed by atoms with van der Waals surface area (Å²) in [6.45, 7) is 0.973. The lowest BCUT2D eigenvalue weighted by Gasteiger charge is -2.35. The van der Waals surface area contributed by atoms with Gasteiger partial charge in [0.2, 0.25) is 11.9 Å². The number of H-pyrrole nitrogens is 1. The van der Waals surface area contributed by atoms with E-state index in [1.165, 1.54) is 37.6 Å². The first kappa shape index (κ1) is 20.7. The number of carbonyl (C=O) groups is 2. The Bertz CT molecular complexity index is 1310. The average molecular weight is 446 g/mol. The summed E-state index contributed by atoms with van der Waals surface area (Å²) < 4.78 is 15.8. The topological polar surface area (TPSA) is 120 Å². The van der Waals surface area contributed by atoms with Gasteiger partial charge in [-0.1, -0.05) is 0 Å². The summed E-state index contributed by atoms with van der Waals surface area (Å²) in [5.74, 6) is -1.52. The highest BCUT2D eigenvalue weighted by Crippen LogP contribution is 2.24. The number of thiophene rings is 1. The van der Waals surface area contributed by atoms with Crippen LogP contribution in [0.1, 0.15) is 15.4 Å². The largest absolute Gasteiger partial charge is 0.357 e. The maximum Gasteiger partial charge on any atom is 0.328 e. The van der Waals surface area contributed by atoms with Crippen LogP contribution in [-0.2, 0) is 18.4 Å². The number of hydrogen-bond acceptors (Lipinski definition) is 7. The highest BCUT2D eigenvalue weighted by Gasteiger charge is 2.27.